The standard InChI is InChI=1S/C24H19N3O3S3/c1-30-22(29)18-7-11-19(12-8-18)25-21(28)17-9-13-20(14-10-17)27-24(31)33-23(26-27)32-15-16-5-3-2-4-6-16/h2-14H,15H2,1H3,(H,25,28). The van der Waals surface area contributed by atoms with Gasteiger partial charge in [0.15, 0.2) is 8.29 Å². The maximum absolute atomic E-state index is 12.6. The fourth-order valence-corrected chi connectivity index (χ4v) is 5.28. The summed E-state index contributed by atoms with van der Waals surface area (Å²) in [5, 5.41) is 7.44. The van der Waals surface area contributed by atoms with Crippen LogP contribution in [0.5, 0.6) is 0 Å². The molecule has 0 saturated heterocycles. The average Bonchev–Trinajstić information content (AvgIpc) is 3.23. The van der Waals surface area contributed by atoms with Gasteiger partial charge in [0.1, 0.15) is 0 Å². The maximum atomic E-state index is 12.6. The van der Waals surface area contributed by atoms with Crippen molar-refractivity contribution >= 4 is 52.9 Å². The molecule has 0 aliphatic carbocycles. The first kappa shape index (κ1) is 22.9. The molecule has 0 spiro atoms. The van der Waals surface area contributed by atoms with E-state index in [1.807, 2.05) is 30.3 Å². The number of methoxy groups -OCH3 is 1. The van der Waals surface area contributed by atoms with Crippen LogP contribution in [0.15, 0.2) is 83.2 Å². The van der Waals surface area contributed by atoms with Crippen molar-refractivity contribution in [2.75, 3.05) is 12.4 Å². The molecule has 1 N–H and O–H groups in total. The van der Waals surface area contributed by atoms with Crippen molar-refractivity contribution in [1.82, 2.24) is 9.78 Å². The van der Waals surface area contributed by atoms with Crippen LogP contribution in [-0.4, -0.2) is 28.8 Å². The zero-order valence-corrected chi connectivity index (χ0v) is 20.0. The molecule has 0 aliphatic rings. The molecule has 0 fully saturated rings. The number of nitrogens with one attached hydrogen (secondary N) is 1. The summed E-state index contributed by atoms with van der Waals surface area (Å²) in [5.74, 6) is 0.141. The molecule has 0 bridgehead atoms. The van der Waals surface area contributed by atoms with Gasteiger partial charge in [-0.15, -0.1) is 5.10 Å². The van der Waals surface area contributed by atoms with E-state index in [1.165, 1.54) is 24.0 Å². The monoisotopic (exact) mass is 493 g/mol. The first-order valence-electron chi connectivity index (χ1n) is 9.90. The van der Waals surface area contributed by atoms with E-state index in [-0.39, 0.29) is 5.91 Å². The molecule has 4 rings (SSSR count). The molecule has 1 aromatic heterocycles. The van der Waals surface area contributed by atoms with Gasteiger partial charge in [0.25, 0.3) is 5.91 Å². The number of carbonyl (C=O) groups is 2. The number of aromatic nitrogens is 2. The molecule has 0 saturated carbocycles. The number of benzene rings is 3. The number of esters is 1. The Morgan fingerprint density at radius 3 is 2.33 bits per heavy atom. The van der Waals surface area contributed by atoms with Gasteiger partial charge in [-0.1, -0.05) is 53.4 Å². The Labute approximate surface area is 204 Å². The van der Waals surface area contributed by atoms with E-state index in [0.29, 0.717) is 20.8 Å². The third-order valence-electron chi connectivity index (χ3n) is 4.67. The van der Waals surface area contributed by atoms with Gasteiger partial charge < -0.3 is 10.1 Å². The number of anilines is 1. The van der Waals surface area contributed by atoms with Crippen LogP contribution in [0.25, 0.3) is 5.69 Å². The van der Waals surface area contributed by atoms with Crippen molar-refractivity contribution in [3.8, 4) is 5.69 Å². The van der Waals surface area contributed by atoms with Crippen molar-refractivity contribution in [3.63, 3.8) is 0 Å². The molecular formula is C24H19N3O3S3. The largest absolute Gasteiger partial charge is 0.465 e. The number of hydrogen-bond donors (Lipinski definition) is 1. The Kier molecular flexibility index (Phi) is 7.33. The lowest BCUT2D eigenvalue weighted by atomic mass is 10.1. The van der Waals surface area contributed by atoms with Crippen molar-refractivity contribution in [1.29, 1.82) is 0 Å². The third kappa shape index (κ3) is 5.75. The van der Waals surface area contributed by atoms with Crippen LogP contribution in [0.1, 0.15) is 26.3 Å². The Morgan fingerprint density at radius 2 is 1.67 bits per heavy atom. The molecule has 6 nitrogen and oxygen atoms in total. The van der Waals surface area contributed by atoms with Crippen molar-refractivity contribution in [2.45, 2.75) is 10.1 Å². The van der Waals surface area contributed by atoms with E-state index in [1.54, 1.807) is 52.8 Å². The highest BCUT2D eigenvalue weighted by Gasteiger charge is 2.11. The quantitative estimate of drug-likeness (QED) is 0.194. The summed E-state index contributed by atoms with van der Waals surface area (Å²) in [5.41, 5.74) is 3.52. The van der Waals surface area contributed by atoms with Crippen LogP contribution in [0.4, 0.5) is 5.69 Å². The highest BCUT2D eigenvalue weighted by Crippen LogP contribution is 2.27. The minimum atomic E-state index is -0.425. The second kappa shape index (κ2) is 10.6. The van der Waals surface area contributed by atoms with Gasteiger partial charge in [-0.2, -0.15) is 0 Å². The average molecular weight is 494 g/mol. The van der Waals surface area contributed by atoms with Crippen LogP contribution >= 0.6 is 35.3 Å². The highest BCUT2D eigenvalue weighted by atomic mass is 32.2. The lowest BCUT2D eigenvalue weighted by Gasteiger charge is -2.07. The number of amides is 1. The van der Waals surface area contributed by atoms with Crippen molar-refractivity contribution < 1.29 is 14.3 Å². The minimum Gasteiger partial charge on any atom is -0.465 e. The predicted molar refractivity (Wildman–Crippen MR) is 134 cm³/mol. The number of thioether (sulfide) groups is 1. The fourth-order valence-electron chi connectivity index (χ4n) is 2.97. The maximum Gasteiger partial charge on any atom is 0.337 e. The number of rotatable bonds is 7. The van der Waals surface area contributed by atoms with Crippen LogP contribution in [0.2, 0.25) is 0 Å². The van der Waals surface area contributed by atoms with E-state index in [9.17, 15) is 9.59 Å². The number of hydrogen-bond acceptors (Lipinski definition) is 7. The van der Waals surface area contributed by atoms with E-state index < -0.39 is 5.97 Å². The van der Waals surface area contributed by atoms with Gasteiger partial charge in [0, 0.05) is 17.0 Å². The summed E-state index contributed by atoms with van der Waals surface area (Å²) in [6.07, 6.45) is 0. The van der Waals surface area contributed by atoms with Gasteiger partial charge in [-0.05, 0) is 66.3 Å². The molecule has 0 atom stereocenters. The molecular weight excluding hydrogens is 474 g/mol. The Balaban J connectivity index is 1.41. The van der Waals surface area contributed by atoms with Gasteiger partial charge in [0.05, 0.1) is 18.4 Å². The van der Waals surface area contributed by atoms with Gasteiger partial charge in [0.2, 0.25) is 0 Å². The zero-order valence-electron chi connectivity index (χ0n) is 17.6. The summed E-state index contributed by atoms with van der Waals surface area (Å²) >= 11 is 8.59. The Bertz CT molecular complexity index is 1320. The molecule has 0 unspecified atom stereocenters. The SMILES string of the molecule is COC(=O)c1ccc(NC(=O)c2ccc(-n3nc(SCc4ccccc4)sc3=S)cc2)cc1. The van der Waals surface area contributed by atoms with Crippen LogP contribution < -0.4 is 5.32 Å². The molecule has 33 heavy (non-hydrogen) atoms. The van der Waals surface area contributed by atoms with Crippen LogP contribution in [0, 0.1) is 3.95 Å². The zero-order chi connectivity index (χ0) is 23.2. The van der Waals surface area contributed by atoms with E-state index in [4.69, 9.17) is 12.2 Å². The summed E-state index contributed by atoms with van der Waals surface area (Å²) < 4.78 is 7.92. The molecule has 9 heteroatoms. The van der Waals surface area contributed by atoms with Gasteiger partial charge in [-0.3, -0.25) is 4.79 Å². The summed E-state index contributed by atoms with van der Waals surface area (Å²) in [7, 11) is 1.32. The third-order valence-corrected chi connectivity index (χ3v) is 7.11. The predicted octanol–water partition coefficient (Wildman–Crippen LogP) is 5.99. The Hall–Kier alpha value is -3.27. The molecule has 166 valence electrons. The highest BCUT2D eigenvalue weighted by molar-refractivity contribution is 8.00. The van der Waals surface area contributed by atoms with E-state index in [0.717, 1.165) is 15.8 Å². The lowest BCUT2D eigenvalue weighted by molar-refractivity contribution is 0.0600. The van der Waals surface area contributed by atoms with Gasteiger partial charge >= 0.3 is 5.97 Å². The van der Waals surface area contributed by atoms with Crippen molar-refractivity contribution in [3.05, 3.63) is 99.5 Å². The topological polar surface area (TPSA) is 73.2 Å². The first-order chi connectivity index (χ1) is 16.0. The molecule has 0 aliphatic heterocycles. The smallest absolute Gasteiger partial charge is 0.337 e. The molecule has 0 radical (unpaired) electrons. The summed E-state index contributed by atoms with van der Waals surface area (Å²) in [4.78, 5) is 24.1. The van der Waals surface area contributed by atoms with Crippen LogP contribution in [-0.2, 0) is 10.5 Å². The number of carbonyl (C=O) groups excluding carboxylic acids is 2. The second-order valence-electron chi connectivity index (χ2n) is 6.89. The lowest BCUT2D eigenvalue weighted by Crippen LogP contribution is -2.12. The fraction of sp³-hybridized carbons (Fsp3) is 0.0833. The van der Waals surface area contributed by atoms with Crippen molar-refractivity contribution in [2.24, 2.45) is 0 Å². The molecule has 1 heterocycles. The first-order valence-corrected chi connectivity index (χ1v) is 12.1. The Morgan fingerprint density at radius 1 is 1.00 bits per heavy atom. The van der Waals surface area contributed by atoms with E-state index >= 15 is 0 Å². The second-order valence-corrected chi connectivity index (χ2v) is 9.73. The molecule has 3 aromatic carbocycles. The summed E-state index contributed by atoms with van der Waals surface area (Å²) in [6, 6.07) is 23.8. The van der Waals surface area contributed by atoms with E-state index in [2.05, 4.69) is 27.3 Å². The summed E-state index contributed by atoms with van der Waals surface area (Å²) in [6.45, 7) is 0. The molecule has 1 amide bonds. The normalized spacial score (nSPS) is 10.6. The minimum absolute atomic E-state index is 0.256. The van der Waals surface area contributed by atoms with Crippen LogP contribution in [0.3, 0.4) is 0 Å². The van der Waals surface area contributed by atoms with Gasteiger partial charge in [-0.25, -0.2) is 9.48 Å². The molecule has 4 aromatic rings. The number of nitrogens with zero attached hydrogens (tertiary/aromatic N) is 2. The number of ether oxygens (including phenoxy) is 1.